The second-order valence-corrected chi connectivity index (χ2v) is 6.97. The van der Waals surface area contributed by atoms with Gasteiger partial charge in [-0.25, -0.2) is 4.98 Å². The third-order valence-electron chi connectivity index (χ3n) is 4.93. The van der Waals surface area contributed by atoms with Crippen LogP contribution in [0.15, 0.2) is 18.7 Å². The maximum Gasteiger partial charge on any atom is 0.373 e. The second kappa shape index (κ2) is 8.45. The molecule has 4 heterocycles. The molecule has 3 aromatic rings. The molecule has 0 aliphatic carbocycles. The maximum atomic E-state index is 12.0. The largest absolute Gasteiger partial charge is 0.466 e. The summed E-state index contributed by atoms with van der Waals surface area (Å²) in [6.07, 6.45) is 3.65. The minimum atomic E-state index is -0.572. The van der Waals surface area contributed by atoms with Crippen LogP contribution in [0, 0.1) is 23.0 Å². The fourth-order valence-electron chi connectivity index (χ4n) is 3.50. The first-order valence-electron chi connectivity index (χ1n) is 9.74. The molecule has 0 bridgehead atoms. The average molecular weight is 428 g/mol. The molecule has 0 aromatic carbocycles. The van der Waals surface area contributed by atoms with E-state index in [4.69, 9.17) is 9.47 Å². The van der Waals surface area contributed by atoms with Crippen LogP contribution in [0.5, 0.6) is 11.6 Å². The number of hydrogen-bond donors (Lipinski definition) is 0. The Morgan fingerprint density at radius 2 is 2.10 bits per heavy atom. The van der Waals surface area contributed by atoms with Crippen molar-refractivity contribution < 1.29 is 19.2 Å². The summed E-state index contributed by atoms with van der Waals surface area (Å²) in [4.78, 5) is 33.2. The van der Waals surface area contributed by atoms with Crippen molar-refractivity contribution in [1.29, 1.82) is 0 Å². The van der Waals surface area contributed by atoms with Crippen molar-refractivity contribution in [3.63, 3.8) is 0 Å². The number of aryl methyl sites for hydroxylation is 1. The van der Waals surface area contributed by atoms with Crippen LogP contribution in [0.3, 0.4) is 0 Å². The molecule has 3 aromatic heterocycles. The van der Waals surface area contributed by atoms with Crippen molar-refractivity contribution in [3.8, 4) is 11.6 Å². The van der Waals surface area contributed by atoms with E-state index in [1.807, 2.05) is 0 Å². The summed E-state index contributed by atoms with van der Waals surface area (Å²) in [5.74, 6) is -0.306. The molecule has 0 amide bonds. The van der Waals surface area contributed by atoms with E-state index in [9.17, 15) is 14.9 Å². The molecule has 1 saturated heterocycles. The predicted octanol–water partition coefficient (Wildman–Crippen LogP) is 1.70. The normalized spacial score (nSPS) is 14.6. The molecule has 0 atom stereocenters. The maximum absolute atomic E-state index is 12.0. The molecular weight excluding hydrogens is 408 g/mol. The fourth-order valence-corrected chi connectivity index (χ4v) is 3.50. The minimum absolute atomic E-state index is 0.139. The second-order valence-electron chi connectivity index (χ2n) is 6.97. The summed E-state index contributed by atoms with van der Waals surface area (Å²) in [5, 5.41) is 23.9. The number of anilines is 1. The topological polar surface area (TPSA) is 151 Å². The summed E-state index contributed by atoms with van der Waals surface area (Å²) in [6.45, 7) is 4.67. The van der Waals surface area contributed by atoms with Gasteiger partial charge in [0.1, 0.15) is 12.7 Å². The van der Waals surface area contributed by atoms with Gasteiger partial charge in [-0.3, -0.25) is 14.9 Å². The van der Waals surface area contributed by atoms with E-state index < -0.39 is 4.92 Å². The number of esters is 1. The smallest absolute Gasteiger partial charge is 0.373 e. The van der Waals surface area contributed by atoms with Crippen LogP contribution in [-0.4, -0.2) is 60.4 Å². The van der Waals surface area contributed by atoms with Crippen molar-refractivity contribution in [2.24, 2.45) is 5.92 Å². The number of nitro groups is 1. The number of carbonyl (C=O) groups is 1. The molecule has 1 aliphatic rings. The number of hydrogen-bond acceptors (Lipinski definition) is 11. The van der Waals surface area contributed by atoms with Crippen LogP contribution >= 0.6 is 0 Å². The van der Waals surface area contributed by atoms with Gasteiger partial charge in [-0.05, 0) is 26.7 Å². The molecule has 1 fully saturated rings. The number of fused-ring (bicyclic) bond motifs is 1. The van der Waals surface area contributed by atoms with E-state index in [0.29, 0.717) is 43.9 Å². The predicted molar refractivity (Wildman–Crippen MR) is 106 cm³/mol. The lowest BCUT2D eigenvalue weighted by Crippen LogP contribution is -2.37. The number of piperidine rings is 1. The quantitative estimate of drug-likeness (QED) is 0.320. The number of aromatic nitrogens is 6. The van der Waals surface area contributed by atoms with Crippen molar-refractivity contribution in [2.75, 3.05) is 24.6 Å². The summed E-state index contributed by atoms with van der Waals surface area (Å²) in [6, 6.07) is 1.60. The van der Waals surface area contributed by atoms with Crippen LogP contribution < -0.4 is 9.64 Å². The lowest BCUT2D eigenvalue weighted by molar-refractivity contribution is -0.385. The van der Waals surface area contributed by atoms with Gasteiger partial charge in [-0.1, -0.05) is 0 Å². The van der Waals surface area contributed by atoms with Gasteiger partial charge in [-0.2, -0.15) is 14.6 Å². The van der Waals surface area contributed by atoms with Crippen LogP contribution in [0.25, 0.3) is 5.65 Å². The van der Waals surface area contributed by atoms with Gasteiger partial charge in [0, 0.05) is 19.2 Å². The first-order chi connectivity index (χ1) is 15.0. The zero-order valence-electron chi connectivity index (χ0n) is 17.0. The Bertz CT molecular complexity index is 1130. The zero-order chi connectivity index (χ0) is 22.0. The summed E-state index contributed by atoms with van der Waals surface area (Å²) >= 11 is 0. The van der Waals surface area contributed by atoms with Crippen LogP contribution in [0.2, 0.25) is 0 Å². The van der Waals surface area contributed by atoms with Crippen molar-refractivity contribution >= 4 is 23.1 Å². The van der Waals surface area contributed by atoms with E-state index >= 15 is 0 Å². The third kappa shape index (κ3) is 4.06. The number of rotatable bonds is 6. The third-order valence-corrected chi connectivity index (χ3v) is 4.93. The molecular formula is C18H20N8O5. The fraction of sp³-hybridized carbons (Fsp3) is 0.444. The Hall–Kier alpha value is -3.90. The van der Waals surface area contributed by atoms with E-state index in [-0.39, 0.29) is 35.0 Å². The molecule has 0 N–H and O–H groups in total. The van der Waals surface area contributed by atoms with E-state index in [1.54, 1.807) is 24.8 Å². The Kier molecular flexibility index (Phi) is 5.56. The molecule has 162 valence electrons. The SMILES string of the molecule is CCOC(=O)C1CCN(c2ncnc(Oc3cc(C)nn4cnnc34)c2[N+](=O)[O-])CC1. The highest BCUT2D eigenvalue weighted by Crippen LogP contribution is 2.38. The molecule has 0 unspecified atom stereocenters. The van der Waals surface area contributed by atoms with Crippen LogP contribution in [-0.2, 0) is 9.53 Å². The number of ether oxygens (including phenoxy) is 2. The number of carbonyl (C=O) groups excluding carboxylic acids is 1. The van der Waals surface area contributed by atoms with Gasteiger partial charge < -0.3 is 14.4 Å². The number of nitrogens with zero attached hydrogens (tertiary/aromatic N) is 8. The van der Waals surface area contributed by atoms with E-state index in [2.05, 4.69) is 25.3 Å². The molecule has 13 heteroatoms. The monoisotopic (exact) mass is 428 g/mol. The molecule has 13 nitrogen and oxygen atoms in total. The van der Waals surface area contributed by atoms with Gasteiger partial charge in [0.25, 0.3) is 0 Å². The molecule has 31 heavy (non-hydrogen) atoms. The van der Waals surface area contributed by atoms with Gasteiger partial charge in [-0.15, -0.1) is 10.2 Å². The minimum Gasteiger partial charge on any atom is -0.466 e. The summed E-state index contributed by atoms with van der Waals surface area (Å²) in [7, 11) is 0. The molecule has 4 rings (SSSR count). The van der Waals surface area contributed by atoms with Crippen molar-refractivity contribution in [3.05, 3.63) is 34.5 Å². The first-order valence-corrected chi connectivity index (χ1v) is 9.74. The average Bonchev–Trinajstić information content (AvgIpc) is 3.22. The zero-order valence-corrected chi connectivity index (χ0v) is 17.0. The molecule has 0 saturated carbocycles. The first kappa shape index (κ1) is 20.4. The standard InChI is InChI=1S/C18H20N8O5/c1-3-30-18(27)12-4-6-24(7-5-12)16-14(26(28)29)17(20-9-19-16)31-13-8-11(2)23-25-10-21-22-15(13)25/h8-10,12H,3-7H2,1-2H3. The Balaban J connectivity index is 1.63. The highest BCUT2D eigenvalue weighted by Gasteiger charge is 2.33. The lowest BCUT2D eigenvalue weighted by atomic mass is 9.97. The van der Waals surface area contributed by atoms with Gasteiger partial charge in [0.2, 0.25) is 11.5 Å². The Morgan fingerprint density at radius 3 is 2.81 bits per heavy atom. The lowest BCUT2D eigenvalue weighted by Gasteiger charge is -2.31. The molecule has 1 aliphatic heterocycles. The molecule has 0 spiro atoms. The van der Waals surface area contributed by atoms with E-state index in [0.717, 1.165) is 0 Å². The van der Waals surface area contributed by atoms with Crippen molar-refractivity contribution in [2.45, 2.75) is 26.7 Å². The van der Waals surface area contributed by atoms with Crippen LogP contribution in [0.4, 0.5) is 11.5 Å². The van der Waals surface area contributed by atoms with Crippen molar-refractivity contribution in [1.82, 2.24) is 29.8 Å². The highest BCUT2D eigenvalue weighted by atomic mass is 16.6. The highest BCUT2D eigenvalue weighted by molar-refractivity contribution is 5.73. The van der Waals surface area contributed by atoms with Gasteiger partial charge >= 0.3 is 17.5 Å². The van der Waals surface area contributed by atoms with Gasteiger partial charge in [0.05, 0.1) is 23.1 Å². The Morgan fingerprint density at radius 1 is 1.32 bits per heavy atom. The van der Waals surface area contributed by atoms with Crippen LogP contribution in [0.1, 0.15) is 25.5 Å². The Labute approximate surface area is 176 Å². The summed E-state index contributed by atoms with van der Waals surface area (Å²) in [5.41, 5.74) is 0.555. The van der Waals surface area contributed by atoms with Gasteiger partial charge in [0.15, 0.2) is 5.75 Å². The van der Waals surface area contributed by atoms with E-state index in [1.165, 1.54) is 17.2 Å². The summed E-state index contributed by atoms with van der Waals surface area (Å²) < 4.78 is 12.3. The molecule has 0 radical (unpaired) electrons.